The standard InChI is InChI=1S/C21H21NO3S/c1-5-14-22(26(24,25)21-12-6-16(2)7-13-21)15-17(3)19-8-10-20(11-9-19)18(4)23/h1,6-13H,3,14-15H2,2,4H3. The van der Waals surface area contributed by atoms with Gasteiger partial charge in [-0.25, -0.2) is 8.42 Å². The zero-order chi connectivity index (χ0) is 19.3. The summed E-state index contributed by atoms with van der Waals surface area (Å²) in [6.45, 7) is 7.38. The number of benzene rings is 2. The number of ketones is 1. The number of terminal acetylenes is 1. The molecule has 0 amide bonds. The molecule has 0 saturated heterocycles. The first kappa shape index (κ1) is 19.6. The van der Waals surface area contributed by atoms with Crippen LogP contribution in [-0.2, 0) is 10.0 Å². The molecule has 2 aromatic carbocycles. The van der Waals surface area contributed by atoms with E-state index in [2.05, 4.69) is 12.5 Å². The fraction of sp³-hybridized carbons (Fsp3) is 0.190. The molecule has 0 bridgehead atoms. The van der Waals surface area contributed by atoms with Crippen molar-refractivity contribution in [2.24, 2.45) is 0 Å². The van der Waals surface area contributed by atoms with Crippen molar-refractivity contribution in [3.05, 3.63) is 71.8 Å². The maximum atomic E-state index is 12.9. The second-order valence-electron chi connectivity index (χ2n) is 6.03. The van der Waals surface area contributed by atoms with Gasteiger partial charge in [-0.2, -0.15) is 4.31 Å². The molecular weight excluding hydrogens is 346 g/mol. The normalized spacial score (nSPS) is 11.2. The van der Waals surface area contributed by atoms with E-state index in [-0.39, 0.29) is 23.8 Å². The lowest BCUT2D eigenvalue weighted by Gasteiger charge is -2.21. The molecule has 0 aromatic heterocycles. The molecule has 0 aliphatic rings. The third-order valence-electron chi connectivity index (χ3n) is 3.99. The van der Waals surface area contributed by atoms with Crippen molar-refractivity contribution in [1.29, 1.82) is 0 Å². The summed E-state index contributed by atoms with van der Waals surface area (Å²) < 4.78 is 27.0. The maximum Gasteiger partial charge on any atom is 0.244 e. The van der Waals surface area contributed by atoms with Crippen molar-refractivity contribution in [3.63, 3.8) is 0 Å². The number of rotatable bonds is 7. The number of aryl methyl sites for hydroxylation is 1. The van der Waals surface area contributed by atoms with E-state index in [9.17, 15) is 13.2 Å². The van der Waals surface area contributed by atoms with E-state index in [0.29, 0.717) is 11.1 Å². The van der Waals surface area contributed by atoms with Crippen LogP contribution in [0.5, 0.6) is 0 Å². The van der Waals surface area contributed by atoms with Gasteiger partial charge in [-0.05, 0) is 37.1 Å². The van der Waals surface area contributed by atoms with Crippen molar-refractivity contribution in [1.82, 2.24) is 4.31 Å². The molecule has 0 saturated carbocycles. The predicted octanol–water partition coefficient (Wildman–Crippen LogP) is 3.53. The first-order chi connectivity index (χ1) is 12.3. The summed E-state index contributed by atoms with van der Waals surface area (Å²) in [6.07, 6.45) is 5.37. The van der Waals surface area contributed by atoms with Crippen LogP contribution in [0, 0.1) is 19.3 Å². The number of carbonyl (C=O) groups excluding carboxylic acids is 1. The van der Waals surface area contributed by atoms with Crippen molar-refractivity contribution >= 4 is 21.4 Å². The zero-order valence-electron chi connectivity index (χ0n) is 14.9. The Morgan fingerprint density at radius 1 is 1.08 bits per heavy atom. The van der Waals surface area contributed by atoms with Gasteiger partial charge in [-0.1, -0.05) is 54.5 Å². The van der Waals surface area contributed by atoms with Gasteiger partial charge < -0.3 is 0 Å². The lowest BCUT2D eigenvalue weighted by atomic mass is 10.0. The Bertz CT molecular complexity index is 950. The average molecular weight is 367 g/mol. The van der Waals surface area contributed by atoms with E-state index in [4.69, 9.17) is 6.42 Å². The van der Waals surface area contributed by atoms with E-state index in [1.54, 1.807) is 48.5 Å². The van der Waals surface area contributed by atoms with Crippen LogP contribution in [0.15, 0.2) is 60.0 Å². The van der Waals surface area contributed by atoms with Crippen LogP contribution in [-0.4, -0.2) is 31.6 Å². The summed E-state index contributed by atoms with van der Waals surface area (Å²) in [5.74, 6) is 2.37. The quantitative estimate of drug-likeness (QED) is 0.556. The van der Waals surface area contributed by atoms with E-state index in [1.165, 1.54) is 11.2 Å². The second kappa shape index (κ2) is 8.13. The molecule has 0 N–H and O–H groups in total. The Morgan fingerprint density at radius 2 is 1.62 bits per heavy atom. The van der Waals surface area contributed by atoms with Gasteiger partial charge >= 0.3 is 0 Å². The van der Waals surface area contributed by atoms with Gasteiger partial charge in [0.2, 0.25) is 10.0 Å². The summed E-state index contributed by atoms with van der Waals surface area (Å²) in [5, 5.41) is 0. The van der Waals surface area contributed by atoms with Crippen molar-refractivity contribution < 1.29 is 13.2 Å². The number of carbonyl (C=O) groups is 1. The topological polar surface area (TPSA) is 54.5 Å². The molecule has 134 valence electrons. The Kier molecular flexibility index (Phi) is 6.14. The van der Waals surface area contributed by atoms with Crippen LogP contribution in [0.3, 0.4) is 0 Å². The Morgan fingerprint density at radius 3 is 2.12 bits per heavy atom. The number of nitrogens with zero attached hydrogens (tertiary/aromatic N) is 1. The molecule has 0 unspecified atom stereocenters. The molecule has 0 spiro atoms. The van der Waals surface area contributed by atoms with Crippen LogP contribution >= 0.6 is 0 Å². The summed E-state index contributed by atoms with van der Waals surface area (Å²) in [4.78, 5) is 11.6. The largest absolute Gasteiger partial charge is 0.295 e. The van der Waals surface area contributed by atoms with Crippen LogP contribution in [0.4, 0.5) is 0 Å². The van der Waals surface area contributed by atoms with Gasteiger partial charge in [-0.15, -0.1) is 6.42 Å². The fourth-order valence-electron chi connectivity index (χ4n) is 2.43. The monoisotopic (exact) mass is 367 g/mol. The molecule has 0 radical (unpaired) electrons. The van der Waals surface area contributed by atoms with Gasteiger partial charge in [0.25, 0.3) is 0 Å². The number of Topliss-reactive ketones (excluding diaryl/α,β-unsaturated/α-hetero) is 1. The number of sulfonamides is 1. The fourth-order valence-corrected chi connectivity index (χ4v) is 3.78. The van der Waals surface area contributed by atoms with Gasteiger partial charge in [0.1, 0.15) is 0 Å². The minimum Gasteiger partial charge on any atom is -0.295 e. The smallest absolute Gasteiger partial charge is 0.244 e. The highest BCUT2D eigenvalue weighted by Gasteiger charge is 2.24. The molecule has 0 heterocycles. The highest BCUT2D eigenvalue weighted by Crippen LogP contribution is 2.21. The second-order valence-corrected chi connectivity index (χ2v) is 7.97. The lowest BCUT2D eigenvalue weighted by molar-refractivity contribution is 0.101. The van der Waals surface area contributed by atoms with E-state index < -0.39 is 10.0 Å². The molecule has 2 rings (SSSR count). The van der Waals surface area contributed by atoms with Gasteiger partial charge in [-0.3, -0.25) is 4.79 Å². The molecule has 0 fully saturated rings. The van der Waals surface area contributed by atoms with E-state index in [1.807, 2.05) is 6.92 Å². The minimum atomic E-state index is -3.73. The minimum absolute atomic E-state index is 0.0296. The number of hydrogen-bond donors (Lipinski definition) is 0. The maximum absolute atomic E-state index is 12.9. The third kappa shape index (κ3) is 4.48. The van der Waals surface area contributed by atoms with Crippen molar-refractivity contribution in [2.45, 2.75) is 18.7 Å². The summed E-state index contributed by atoms with van der Waals surface area (Å²) in [7, 11) is -3.73. The van der Waals surface area contributed by atoms with Crippen LogP contribution in [0.2, 0.25) is 0 Å². The first-order valence-electron chi connectivity index (χ1n) is 8.05. The molecule has 4 nitrogen and oxygen atoms in total. The molecule has 26 heavy (non-hydrogen) atoms. The lowest BCUT2D eigenvalue weighted by Crippen LogP contribution is -2.32. The van der Waals surface area contributed by atoms with Gasteiger partial charge in [0.05, 0.1) is 11.4 Å². The van der Waals surface area contributed by atoms with Crippen LogP contribution in [0.1, 0.15) is 28.4 Å². The van der Waals surface area contributed by atoms with E-state index in [0.717, 1.165) is 11.1 Å². The molecule has 0 aliphatic heterocycles. The van der Waals surface area contributed by atoms with Crippen LogP contribution in [0.25, 0.3) is 5.57 Å². The predicted molar refractivity (Wildman–Crippen MR) is 104 cm³/mol. The van der Waals surface area contributed by atoms with Crippen LogP contribution < -0.4 is 0 Å². The molecule has 0 aliphatic carbocycles. The van der Waals surface area contributed by atoms with E-state index >= 15 is 0 Å². The molecular formula is C21H21NO3S. The average Bonchev–Trinajstić information content (AvgIpc) is 2.61. The molecule has 5 heteroatoms. The van der Waals surface area contributed by atoms with Crippen molar-refractivity contribution in [3.8, 4) is 12.3 Å². The third-order valence-corrected chi connectivity index (χ3v) is 5.80. The Labute approximate surface area is 155 Å². The SMILES string of the molecule is C#CCN(CC(=C)c1ccc(C(C)=O)cc1)S(=O)(=O)c1ccc(C)cc1. The Hall–Kier alpha value is -2.68. The van der Waals surface area contributed by atoms with Gasteiger partial charge in [0.15, 0.2) is 5.78 Å². The molecule has 0 atom stereocenters. The highest BCUT2D eigenvalue weighted by molar-refractivity contribution is 7.89. The summed E-state index contributed by atoms with van der Waals surface area (Å²) in [5.41, 5.74) is 2.93. The zero-order valence-corrected chi connectivity index (χ0v) is 15.7. The summed E-state index contributed by atoms with van der Waals surface area (Å²) in [6, 6.07) is 13.5. The number of hydrogen-bond acceptors (Lipinski definition) is 3. The van der Waals surface area contributed by atoms with Crippen molar-refractivity contribution in [2.75, 3.05) is 13.1 Å². The molecule has 2 aromatic rings. The first-order valence-corrected chi connectivity index (χ1v) is 9.49. The Balaban J connectivity index is 2.27. The highest BCUT2D eigenvalue weighted by atomic mass is 32.2. The van der Waals surface area contributed by atoms with Gasteiger partial charge in [0, 0.05) is 12.1 Å². The summed E-state index contributed by atoms with van der Waals surface area (Å²) >= 11 is 0.